The third kappa shape index (κ3) is 2.46. The molecule has 0 aromatic heterocycles. The lowest BCUT2D eigenvalue weighted by atomic mass is 9.84. The topological polar surface area (TPSA) is 38.0 Å². The van der Waals surface area contributed by atoms with E-state index in [1.807, 2.05) is 0 Å². The molecule has 2 nitrogen and oxygen atoms in total. The van der Waals surface area contributed by atoms with Crippen molar-refractivity contribution in [2.45, 2.75) is 26.2 Å². The van der Waals surface area contributed by atoms with Crippen LogP contribution in [0, 0.1) is 11.8 Å². The van der Waals surface area contributed by atoms with E-state index in [9.17, 15) is 0 Å². The van der Waals surface area contributed by atoms with Crippen molar-refractivity contribution in [3.63, 3.8) is 0 Å². The van der Waals surface area contributed by atoms with Gasteiger partial charge in [-0.15, -0.1) is 0 Å². The predicted molar refractivity (Wildman–Crippen MR) is 48.4 cm³/mol. The zero-order valence-corrected chi connectivity index (χ0v) is 7.47. The Bertz CT molecular complexity index is 102. The molecule has 1 aliphatic rings. The van der Waals surface area contributed by atoms with Gasteiger partial charge in [-0.2, -0.15) is 0 Å². The van der Waals surface area contributed by atoms with E-state index in [1.54, 1.807) is 0 Å². The molecule has 0 amide bonds. The molecule has 0 saturated carbocycles. The highest BCUT2D eigenvalue weighted by Gasteiger charge is 2.22. The molecule has 3 N–H and O–H groups in total. The smallest absolute Gasteiger partial charge is 0.00174 e. The highest BCUT2D eigenvalue weighted by atomic mass is 14.9. The summed E-state index contributed by atoms with van der Waals surface area (Å²) < 4.78 is 0. The second kappa shape index (κ2) is 4.73. The van der Waals surface area contributed by atoms with Crippen LogP contribution in [0.5, 0.6) is 0 Å². The van der Waals surface area contributed by atoms with Gasteiger partial charge in [0.2, 0.25) is 0 Å². The third-order valence-corrected chi connectivity index (χ3v) is 2.73. The monoisotopic (exact) mass is 156 g/mol. The number of nitrogens with one attached hydrogen (secondary N) is 1. The lowest BCUT2D eigenvalue weighted by Crippen LogP contribution is -2.39. The highest BCUT2D eigenvalue weighted by Crippen LogP contribution is 2.21. The Morgan fingerprint density at radius 1 is 1.45 bits per heavy atom. The first-order valence-electron chi connectivity index (χ1n) is 4.79. The van der Waals surface area contributed by atoms with Gasteiger partial charge in [0, 0.05) is 0 Å². The Kier molecular flexibility index (Phi) is 3.87. The number of rotatable bonds is 3. The fourth-order valence-corrected chi connectivity index (χ4v) is 2.00. The molecule has 1 rings (SSSR count). The molecule has 0 spiro atoms. The van der Waals surface area contributed by atoms with Gasteiger partial charge in [-0.25, -0.2) is 0 Å². The van der Waals surface area contributed by atoms with Crippen molar-refractivity contribution in [2.24, 2.45) is 17.6 Å². The normalized spacial score (nSPS) is 32.2. The maximum atomic E-state index is 5.70. The Hall–Kier alpha value is -0.0800. The van der Waals surface area contributed by atoms with E-state index in [0.717, 1.165) is 18.4 Å². The summed E-state index contributed by atoms with van der Waals surface area (Å²) in [5.41, 5.74) is 5.70. The van der Waals surface area contributed by atoms with Gasteiger partial charge in [0.15, 0.2) is 0 Å². The van der Waals surface area contributed by atoms with Crippen molar-refractivity contribution in [2.75, 3.05) is 19.6 Å². The molecule has 0 bridgehead atoms. The lowest BCUT2D eigenvalue weighted by molar-refractivity contribution is 0.245. The van der Waals surface area contributed by atoms with Gasteiger partial charge in [-0.3, -0.25) is 0 Å². The Labute approximate surface area is 69.5 Å². The standard InChI is InChI=1S/C9H20N2/c1-2-3-9-7-11-5-4-8(9)6-10/h8-9,11H,2-7,10H2,1H3. The molecular formula is C9H20N2. The molecule has 0 aromatic carbocycles. The van der Waals surface area contributed by atoms with Crippen LogP contribution in [0.25, 0.3) is 0 Å². The SMILES string of the molecule is CCCC1CNCCC1CN. The zero-order chi connectivity index (χ0) is 8.10. The summed E-state index contributed by atoms with van der Waals surface area (Å²) in [5, 5.41) is 3.43. The van der Waals surface area contributed by atoms with E-state index in [2.05, 4.69) is 12.2 Å². The largest absolute Gasteiger partial charge is 0.330 e. The van der Waals surface area contributed by atoms with Crippen LogP contribution in [0.3, 0.4) is 0 Å². The van der Waals surface area contributed by atoms with Crippen LogP contribution >= 0.6 is 0 Å². The molecule has 0 radical (unpaired) electrons. The second-order valence-corrected chi connectivity index (χ2v) is 3.54. The van der Waals surface area contributed by atoms with E-state index < -0.39 is 0 Å². The summed E-state index contributed by atoms with van der Waals surface area (Å²) in [6, 6.07) is 0. The maximum absolute atomic E-state index is 5.70. The minimum Gasteiger partial charge on any atom is -0.330 e. The molecule has 0 aliphatic carbocycles. The minimum atomic E-state index is 0.788. The van der Waals surface area contributed by atoms with E-state index in [4.69, 9.17) is 5.73 Å². The molecule has 2 unspecified atom stereocenters. The van der Waals surface area contributed by atoms with Crippen molar-refractivity contribution >= 4 is 0 Å². The average molecular weight is 156 g/mol. The van der Waals surface area contributed by atoms with Crippen molar-refractivity contribution < 1.29 is 0 Å². The number of nitrogens with two attached hydrogens (primary N) is 1. The first-order valence-corrected chi connectivity index (χ1v) is 4.79. The summed E-state index contributed by atoms with van der Waals surface area (Å²) in [6.07, 6.45) is 3.92. The highest BCUT2D eigenvalue weighted by molar-refractivity contribution is 4.78. The molecule has 2 atom stereocenters. The Morgan fingerprint density at radius 3 is 2.91 bits per heavy atom. The van der Waals surface area contributed by atoms with Crippen molar-refractivity contribution in [3.8, 4) is 0 Å². The van der Waals surface area contributed by atoms with Crippen molar-refractivity contribution in [1.82, 2.24) is 5.32 Å². The zero-order valence-electron chi connectivity index (χ0n) is 7.47. The van der Waals surface area contributed by atoms with E-state index >= 15 is 0 Å². The first kappa shape index (κ1) is 9.01. The number of piperidine rings is 1. The quantitative estimate of drug-likeness (QED) is 0.639. The van der Waals surface area contributed by atoms with E-state index in [-0.39, 0.29) is 0 Å². The predicted octanol–water partition coefficient (Wildman–Crippen LogP) is 0.971. The van der Waals surface area contributed by atoms with Gasteiger partial charge in [0.1, 0.15) is 0 Å². The fraction of sp³-hybridized carbons (Fsp3) is 1.00. The van der Waals surface area contributed by atoms with Crippen LogP contribution in [-0.4, -0.2) is 19.6 Å². The first-order chi connectivity index (χ1) is 5.38. The third-order valence-electron chi connectivity index (χ3n) is 2.73. The fourth-order valence-electron chi connectivity index (χ4n) is 2.00. The number of hydrogen-bond acceptors (Lipinski definition) is 2. The van der Waals surface area contributed by atoms with E-state index in [0.29, 0.717) is 0 Å². The van der Waals surface area contributed by atoms with Gasteiger partial charge < -0.3 is 11.1 Å². The van der Waals surface area contributed by atoms with Gasteiger partial charge in [0.05, 0.1) is 0 Å². The van der Waals surface area contributed by atoms with Crippen molar-refractivity contribution in [3.05, 3.63) is 0 Å². The number of hydrogen-bond donors (Lipinski definition) is 2. The molecular weight excluding hydrogens is 136 g/mol. The van der Waals surface area contributed by atoms with Gasteiger partial charge in [-0.05, 0) is 44.3 Å². The lowest BCUT2D eigenvalue weighted by Gasteiger charge is -2.31. The molecule has 2 heteroatoms. The van der Waals surface area contributed by atoms with Crippen molar-refractivity contribution in [1.29, 1.82) is 0 Å². The molecule has 1 fully saturated rings. The van der Waals surface area contributed by atoms with Crippen LogP contribution < -0.4 is 11.1 Å². The molecule has 11 heavy (non-hydrogen) atoms. The van der Waals surface area contributed by atoms with Crippen LogP contribution in [0.4, 0.5) is 0 Å². The Morgan fingerprint density at radius 2 is 2.27 bits per heavy atom. The summed E-state index contributed by atoms with van der Waals surface area (Å²) in [4.78, 5) is 0. The van der Waals surface area contributed by atoms with Crippen LogP contribution in [-0.2, 0) is 0 Å². The Balaban J connectivity index is 2.31. The average Bonchev–Trinajstić information content (AvgIpc) is 2.06. The summed E-state index contributed by atoms with van der Waals surface area (Å²) in [7, 11) is 0. The van der Waals surface area contributed by atoms with Crippen LogP contribution in [0.2, 0.25) is 0 Å². The molecule has 1 aliphatic heterocycles. The summed E-state index contributed by atoms with van der Waals surface area (Å²) in [5.74, 6) is 1.63. The maximum Gasteiger partial charge on any atom is -0.00174 e. The van der Waals surface area contributed by atoms with Gasteiger partial charge >= 0.3 is 0 Å². The van der Waals surface area contributed by atoms with Crippen LogP contribution in [0.1, 0.15) is 26.2 Å². The minimum absolute atomic E-state index is 0.788. The second-order valence-electron chi connectivity index (χ2n) is 3.54. The van der Waals surface area contributed by atoms with Gasteiger partial charge in [0.25, 0.3) is 0 Å². The van der Waals surface area contributed by atoms with Crippen LogP contribution in [0.15, 0.2) is 0 Å². The molecule has 66 valence electrons. The van der Waals surface area contributed by atoms with Gasteiger partial charge in [-0.1, -0.05) is 13.3 Å². The summed E-state index contributed by atoms with van der Waals surface area (Å²) in [6.45, 7) is 5.49. The molecule has 1 saturated heterocycles. The van der Waals surface area contributed by atoms with E-state index in [1.165, 1.54) is 32.4 Å². The summed E-state index contributed by atoms with van der Waals surface area (Å²) >= 11 is 0. The molecule has 0 aromatic rings. The molecule has 1 heterocycles.